The molecule has 0 aliphatic heterocycles. The van der Waals surface area contributed by atoms with E-state index in [9.17, 15) is 4.79 Å². The molecule has 21 heavy (non-hydrogen) atoms. The van der Waals surface area contributed by atoms with E-state index in [-0.39, 0.29) is 5.91 Å². The normalized spacial score (nSPS) is 10.8. The number of fused-ring (bicyclic) bond motifs is 1. The number of amides is 1. The van der Waals surface area contributed by atoms with Crippen LogP contribution in [0.4, 0.5) is 0 Å². The first-order valence-electron chi connectivity index (χ1n) is 6.79. The van der Waals surface area contributed by atoms with Gasteiger partial charge in [-0.05, 0) is 44.2 Å². The SMILES string of the molecule is Cc1nc2ccc(C(=O)NCc3ccc[nH]3)cc2nc1C. The summed E-state index contributed by atoms with van der Waals surface area (Å²) in [6.07, 6.45) is 1.83. The van der Waals surface area contributed by atoms with Gasteiger partial charge in [0.05, 0.1) is 29.0 Å². The minimum Gasteiger partial charge on any atom is -0.364 e. The molecule has 0 saturated carbocycles. The van der Waals surface area contributed by atoms with Crippen LogP contribution in [0, 0.1) is 13.8 Å². The van der Waals surface area contributed by atoms with E-state index in [1.165, 1.54) is 0 Å². The second-order valence-corrected chi connectivity index (χ2v) is 4.98. The molecule has 5 nitrogen and oxygen atoms in total. The topological polar surface area (TPSA) is 70.7 Å². The third kappa shape index (κ3) is 2.76. The molecule has 1 amide bonds. The van der Waals surface area contributed by atoms with Crippen molar-refractivity contribution in [3.8, 4) is 0 Å². The highest BCUT2D eigenvalue weighted by atomic mass is 16.1. The highest BCUT2D eigenvalue weighted by Crippen LogP contribution is 2.14. The Morgan fingerprint density at radius 3 is 2.62 bits per heavy atom. The van der Waals surface area contributed by atoms with Crippen molar-refractivity contribution in [1.29, 1.82) is 0 Å². The Morgan fingerprint density at radius 1 is 1.14 bits per heavy atom. The molecule has 3 aromatic rings. The maximum atomic E-state index is 12.2. The first-order valence-corrected chi connectivity index (χ1v) is 6.79. The Labute approximate surface area is 122 Å². The van der Waals surface area contributed by atoms with Crippen molar-refractivity contribution in [2.24, 2.45) is 0 Å². The number of carbonyl (C=O) groups excluding carboxylic acids is 1. The zero-order valence-electron chi connectivity index (χ0n) is 12.0. The highest BCUT2D eigenvalue weighted by Gasteiger charge is 2.08. The summed E-state index contributed by atoms with van der Waals surface area (Å²) in [6, 6.07) is 9.21. The van der Waals surface area contributed by atoms with Gasteiger partial charge in [0.1, 0.15) is 0 Å². The van der Waals surface area contributed by atoms with E-state index in [0.717, 1.165) is 28.1 Å². The van der Waals surface area contributed by atoms with Gasteiger partial charge >= 0.3 is 0 Å². The summed E-state index contributed by atoms with van der Waals surface area (Å²) < 4.78 is 0. The first-order chi connectivity index (χ1) is 10.1. The number of hydrogen-bond donors (Lipinski definition) is 2. The Hall–Kier alpha value is -2.69. The van der Waals surface area contributed by atoms with E-state index in [4.69, 9.17) is 0 Å². The summed E-state index contributed by atoms with van der Waals surface area (Å²) in [7, 11) is 0. The number of carbonyl (C=O) groups is 1. The molecule has 2 heterocycles. The quantitative estimate of drug-likeness (QED) is 0.774. The average molecular weight is 280 g/mol. The third-order valence-corrected chi connectivity index (χ3v) is 3.44. The predicted octanol–water partition coefficient (Wildman–Crippen LogP) is 2.50. The highest BCUT2D eigenvalue weighted by molar-refractivity contribution is 5.97. The van der Waals surface area contributed by atoms with Crippen LogP contribution in [0.3, 0.4) is 0 Å². The van der Waals surface area contributed by atoms with Crippen molar-refractivity contribution < 1.29 is 4.79 Å². The summed E-state index contributed by atoms with van der Waals surface area (Å²) in [5.41, 5.74) is 4.89. The molecule has 0 spiro atoms. The fourth-order valence-electron chi connectivity index (χ4n) is 2.13. The van der Waals surface area contributed by atoms with Crippen LogP contribution >= 0.6 is 0 Å². The zero-order chi connectivity index (χ0) is 14.8. The average Bonchev–Trinajstić information content (AvgIpc) is 2.99. The van der Waals surface area contributed by atoms with E-state index in [1.807, 2.05) is 38.2 Å². The summed E-state index contributed by atoms with van der Waals surface area (Å²) in [5.74, 6) is -0.119. The number of nitrogens with zero attached hydrogens (tertiary/aromatic N) is 2. The van der Waals surface area contributed by atoms with Gasteiger partial charge in [0, 0.05) is 17.5 Å². The fraction of sp³-hybridized carbons (Fsp3) is 0.188. The molecular formula is C16H16N4O. The molecule has 0 aliphatic carbocycles. The maximum absolute atomic E-state index is 12.2. The van der Waals surface area contributed by atoms with Crippen molar-refractivity contribution >= 4 is 16.9 Å². The lowest BCUT2D eigenvalue weighted by atomic mass is 10.1. The standard InChI is InChI=1S/C16H16N4O/c1-10-11(2)20-15-8-12(5-6-14(15)19-10)16(21)18-9-13-4-3-7-17-13/h3-8,17H,9H2,1-2H3,(H,18,21). The summed E-state index contributed by atoms with van der Waals surface area (Å²) >= 11 is 0. The lowest BCUT2D eigenvalue weighted by Gasteiger charge is -2.06. The van der Waals surface area contributed by atoms with Gasteiger partial charge in [-0.2, -0.15) is 0 Å². The second-order valence-electron chi connectivity index (χ2n) is 4.98. The number of hydrogen-bond acceptors (Lipinski definition) is 3. The smallest absolute Gasteiger partial charge is 0.251 e. The molecule has 106 valence electrons. The molecule has 0 saturated heterocycles. The van der Waals surface area contributed by atoms with Crippen molar-refractivity contribution in [2.45, 2.75) is 20.4 Å². The lowest BCUT2D eigenvalue weighted by molar-refractivity contribution is 0.0950. The molecule has 0 atom stereocenters. The molecule has 2 aromatic heterocycles. The molecular weight excluding hydrogens is 264 g/mol. The van der Waals surface area contributed by atoms with Crippen LogP contribution in [0.2, 0.25) is 0 Å². The van der Waals surface area contributed by atoms with Gasteiger partial charge in [-0.15, -0.1) is 0 Å². The van der Waals surface area contributed by atoms with Gasteiger partial charge in [0.2, 0.25) is 0 Å². The Morgan fingerprint density at radius 2 is 1.90 bits per heavy atom. The lowest BCUT2D eigenvalue weighted by Crippen LogP contribution is -2.22. The van der Waals surface area contributed by atoms with Gasteiger partial charge in [-0.3, -0.25) is 4.79 Å². The van der Waals surface area contributed by atoms with Crippen molar-refractivity contribution in [3.05, 3.63) is 59.2 Å². The minimum absolute atomic E-state index is 0.119. The molecule has 5 heteroatoms. The summed E-state index contributed by atoms with van der Waals surface area (Å²) in [4.78, 5) is 24.2. The molecule has 0 bridgehead atoms. The van der Waals surface area contributed by atoms with E-state index < -0.39 is 0 Å². The second kappa shape index (κ2) is 5.36. The van der Waals surface area contributed by atoms with E-state index in [2.05, 4.69) is 20.3 Å². The van der Waals surface area contributed by atoms with Crippen molar-refractivity contribution in [3.63, 3.8) is 0 Å². The molecule has 0 aliphatic rings. The molecule has 2 N–H and O–H groups in total. The van der Waals surface area contributed by atoms with E-state index >= 15 is 0 Å². The van der Waals surface area contributed by atoms with E-state index in [1.54, 1.807) is 12.1 Å². The zero-order valence-corrected chi connectivity index (χ0v) is 12.0. The number of aromatic nitrogens is 3. The predicted molar refractivity (Wildman–Crippen MR) is 81.0 cm³/mol. The third-order valence-electron chi connectivity index (χ3n) is 3.44. The number of nitrogens with one attached hydrogen (secondary N) is 2. The van der Waals surface area contributed by atoms with Gasteiger partial charge in [-0.1, -0.05) is 0 Å². The first kappa shape index (κ1) is 13.3. The summed E-state index contributed by atoms with van der Waals surface area (Å²) in [5, 5.41) is 2.87. The molecule has 0 unspecified atom stereocenters. The van der Waals surface area contributed by atoms with Crippen LogP contribution in [-0.4, -0.2) is 20.9 Å². The largest absolute Gasteiger partial charge is 0.364 e. The van der Waals surface area contributed by atoms with Gasteiger partial charge in [0.25, 0.3) is 5.91 Å². The van der Waals surface area contributed by atoms with Crippen LogP contribution in [-0.2, 0) is 6.54 Å². The van der Waals surface area contributed by atoms with Gasteiger partial charge in [-0.25, -0.2) is 9.97 Å². The number of aromatic amines is 1. The summed E-state index contributed by atoms with van der Waals surface area (Å²) in [6.45, 7) is 4.32. The van der Waals surface area contributed by atoms with Crippen molar-refractivity contribution in [1.82, 2.24) is 20.3 Å². The minimum atomic E-state index is -0.119. The number of benzene rings is 1. The molecule has 0 fully saturated rings. The van der Waals surface area contributed by atoms with Crippen LogP contribution in [0.1, 0.15) is 27.4 Å². The molecule has 1 aromatic carbocycles. The Kier molecular flexibility index (Phi) is 3.39. The molecule has 3 rings (SSSR count). The van der Waals surface area contributed by atoms with Crippen LogP contribution < -0.4 is 5.32 Å². The number of H-pyrrole nitrogens is 1. The van der Waals surface area contributed by atoms with Crippen LogP contribution in [0.5, 0.6) is 0 Å². The van der Waals surface area contributed by atoms with Gasteiger partial charge in [0.15, 0.2) is 0 Å². The van der Waals surface area contributed by atoms with Crippen molar-refractivity contribution in [2.75, 3.05) is 0 Å². The Bertz CT molecular complexity index is 793. The van der Waals surface area contributed by atoms with E-state index in [0.29, 0.717) is 12.1 Å². The van der Waals surface area contributed by atoms with Gasteiger partial charge < -0.3 is 10.3 Å². The monoisotopic (exact) mass is 280 g/mol. The fourth-order valence-corrected chi connectivity index (χ4v) is 2.13. The number of rotatable bonds is 3. The molecule has 0 radical (unpaired) electrons. The Balaban J connectivity index is 1.83. The number of aryl methyl sites for hydroxylation is 2. The maximum Gasteiger partial charge on any atom is 0.251 e. The van der Waals surface area contributed by atoms with Crippen LogP contribution in [0.25, 0.3) is 11.0 Å². The van der Waals surface area contributed by atoms with Crippen LogP contribution in [0.15, 0.2) is 36.5 Å².